The minimum atomic E-state index is -0.738. The highest BCUT2D eigenvalue weighted by Gasteiger charge is 2.40. The van der Waals surface area contributed by atoms with Gasteiger partial charge in [0.05, 0.1) is 6.42 Å². The largest absolute Gasteiger partial charge is 0.335 e. The minimum Gasteiger partial charge on any atom is -0.335 e. The third-order valence-corrected chi connectivity index (χ3v) is 5.49. The van der Waals surface area contributed by atoms with Crippen LogP contribution in [0.1, 0.15) is 56.6 Å². The van der Waals surface area contributed by atoms with Crippen LogP contribution < -0.4 is 5.32 Å². The molecule has 1 aliphatic carbocycles. The second-order valence-electron chi connectivity index (χ2n) is 7.64. The van der Waals surface area contributed by atoms with Crippen molar-refractivity contribution in [2.75, 3.05) is 6.54 Å². The first-order valence-electron chi connectivity index (χ1n) is 9.96. The second-order valence-corrected chi connectivity index (χ2v) is 7.64. The third kappa shape index (κ3) is 4.49. The Bertz CT molecular complexity index is 695. The molecule has 1 unspecified atom stereocenters. The maximum Gasteiger partial charge on any atom is 0.324 e. The topological polar surface area (TPSA) is 69.7 Å². The van der Waals surface area contributed by atoms with Crippen LogP contribution >= 0.6 is 0 Å². The molecule has 2 fully saturated rings. The number of imide groups is 1. The first kappa shape index (κ1) is 19.4. The lowest BCUT2D eigenvalue weighted by molar-refractivity contribution is -0.137. The fourth-order valence-electron chi connectivity index (χ4n) is 3.97. The molecule has 1 saturated heterocycles. The van der Waals surface area contributed by atoms with Crippen LogP contribution in [-0.4, -0.2) is 46.3 Å². The monoisotopic (exact) mass is 371 g/mol. The summed E-state index contributed by atoms with van der Waals surface area (Å²) in [5.74, 6) is -0.337. The van der Waals surface area contributed by atoms with Crippen molar-refractivity contribution in [2.45, 2.75) is 71.0 Å². The Labute approximate surface area is 160 Å². The highest BCUT2D eigenvalue weighted by molar-refractivity contribution is 6.05. The van der Waals surface area contributed by atoms with E-state index in [1.807, 2.05) is 18.7 Å². The summed E-state index contributed by atoms with van der Waals surface area (Å²) in [6, 6.07) is 7.31. The molecule has 1 heterocycles. The Morgan fingerprint density at radius 1 is 1.19 bits per heavy atom. The molecule has 6 heteroatoms. The van der Waals surface area contributed by atoms with Gasteiger partial charge in [0.1, 0.15) is 6.04 Å². The molecule has 1 saturated carbocycles. The van der Waals surface area contributed by atoms with Gasteiger partial charge in [-0.3, -0.25) is 14.5 Å². The van der Waals surface area contributed by atoms with Crippen molar-refractivity contribution in [2.24, 2.45) is 0 Å². The molecule has 0 bridgehead atoms. The van der Waals surface area contributed by atoms with Gasteiger partial charge in [0.25, 0.3) is 5.91 Å². The number of hydrogen-bond acceptors (Lipinski definition) is 3. The quantitative estimate of drug-likeness (QED) is 0.749. The average molecular weight is 371 g/mol. The van der Waals surface area contributed by atoms with Gasteiger partial charge < -0.3 is 10.2 Å². The fraction of sp³-hybridized carbons (Fsp3) is 0.571. The summed E-state index contributed by atoms with van der Waals surface area (Å²) in [5, 5.41) is 2.68. The lowest BCUT2D eigenvalue weighted by Gasteiger charge is -2.30. The zero-order valence-electron chi connectivity index (χ0n) is 16.2. The van der Waals surface area contributed by atoms with Crippen molar-refractivity contribution in [3.63, 3.8) is 0 Å². The van der Waals surface area contributed by atoms with E-state index in [-0.39, 0.29) is 30.3 Å². The van der Waals surface area contributed by atoms with E-state index in [0.29, 0.717) is 19.5 Å². The molecule has 0 spiro atoms. The van der Waals surface area contributed by atoms with Crippen LogP contribution in [0.25, 0.3) is 0 Å². The van der Waals surface area contributed by atoms with Crippen LogP contribution in [-0.2, 0) is 16.1 Å². The number of nitrogens with zero attached hydrogens (tertiary/aromatic N) is 2. The number of aryl methyl sites for hydroxylation is 1. The molecule has 1 aromatic rings. The summed E-state index contributed by atoms with van der Waals surface area (Å²) in [6.07, 6.45) is 5.01. The highest BCUT2D eigenvalue weighted by Crippen LogP contribution is 2.26. The molecule has 1 aromatic carbocycles. The Balaban J connectivity index is 1.70. The van der Waals surface area contributed by atoms with Crippen LogP contribution in [0.2, 0.25) is 0 Å². The number of hydrogen-bond donors (Lipinski definition) is 1. The maximum atomic E-state index is 13.1. The van der Waals surface area contributed by atoms with Crippen LogP contribution in [0.4, 0.5) is 4.79 Å². The molecular formula is C21H29N3O3. The van der Waals surface area contributed by atoms with Crippen molar-refractivity contribution >= 4 is 17.8 Å². The minimum absolute atomic E-state index is 0.0349. The second kappa shape index (κ2) is 8.55. The zero-order chi connectivity index (χ0) is 19.4. The number of rotatable bonds is 7. The van der Waals surface area contributed by atoms with Crippen LogP contribution in [0.5, 0.6) is 0 Å². The third-order valence-electron chi connectivity index (χ3n) is 5.49. The summed E-state index contributed by atoms with van der Waals surface area (Å²) < 4.78 is 0. The summed E-state index contributed by atoms with van der Waals surface area (Å²) >= 11 is 0. The SMILES string of the molecule is CCCN1C(=O)NC(CC(=O)N(Cc2ccc(C)cc2)C2CCCC2)C1=O. The van der Waals surface area contributed by atoms with E-state index < -0.39 is 6.04 Å². The average Bonchev–Trinajstić information content (AvgIpc) is 3.26. The van der Waals surface area contributed by atoms with Gasteiger partial charge in [0.2, 0.25) is 5.91 Å². The van der Waals surface area contributed by atoms with Gasteiger partial charge in [-0.05, 0) is 31.7 Å². The lowest BCUT2D eigenvalue weighted by atomic mass is 10.1. The smallest absolute Gasteiger partial charge is 0.324 e. The number of carbonyl (C=O) groups excluding carboxylic acids is 3. The Morgan fingerprint density at radius 2 is 1.85 bits per heavy atom. The van der Waals surface area contributed by atoms with Gasteiger partial charge in [-0.1, -0.05) is 49.6 Å². The summed E-state index contributed by atoms with van der Waals surface area (Å²) in [4.78, 5) is 40.7. The normalized spacial score (nSPS) is 20.2. The van der Waals surface area contributed by atoms with E-state index in [0.717, 1.165) is 31.2 Å². The van der Waals surface area contributed by atoms with Gasteiger partial charge in [-0.2, -0.15) is 0 Å². The maximum absolute atomic E-state index is 13.1. The predicted octanol–water partition coefficient (Wildman–Crippen LogP) is 2.99. The first-order valence-corrected chi connectivity index (χ1v) is 9.96. The van der Waals surface area contributed by atoms with E-state index >= 15 is 0 Å². The number of amides is 4. The Kier molecular flexibility index (Phi) is 6.14. The molecule has 2 aliphatic rings. The molecule has 146 valence electrons. The van der Waals surface area contributed by atoms with Crippen molar-refractivity contribution in [3.8, 4) is 0 Å². The van der Waals surface area contributed by atoms with E-state index in [4.69, 9.17) is 0 Å². The van der Waals surface area contributed by atoms with Gasteiger partial charge in [-0.25, -0.2) is 4.79 Å². The Morgan fingerprint density at radius 3 is 2.48 bits per heavy atom. The first-order chi connectivity index (χ1) is 13.0. The van der Waals surface area contributed by atoms with Crippen molar-refractivity contribution in [1.82, 2.24) is 15.1 Å². The Hall–Kier alpha value is -2.37. The molecule has 6 nitrogen and oxygen atoms in total. The molecule has 0 radical (unpaired) electrons. The van der Waals surface area contributed by atoms with Gasteiger partial charge in [-0.15, -0.1) is 0 Å². The molecule has 3 rings (SSSR count). The lowest BCUT2D eigenvalue weighted by Crippen LogP contribution is -2.42. The molecule has 1 atom stereocenters. The van der Waals surface area contributed by atoms with Crippen molar-refractivity contribution in [1.29, 1.82) is 0 Å². The van der Waals surface area contributed by atoms with E-state index in [2.05, 4.69) is 29.6 Å². The number of benzene rings is 1. The van der Waals surface area contributed by atoms with E-state index in [1.54, 1.807) is 0 Å². The zero-order valence-corrected chi connectivity index (χ0v) is 16.2. The van der Waals surface area contributed by atoms with Gasteiger partial charge in [0.15, 0.2) is 0 Å². The number of carbonyl (C=O) groups is 3. The molecule has 4 amide bonds. The van der Waals surface area contributed by atoms with Crippen molar-refractivity contribution in [3.05, 3.63) is 35.4 Å². The molecule has 1 aliphatic heterocycles. The summed E-state index contributed by atoms with van der Waals surface area (Å²) in [6.45, 7) is 4.91. The van der Waals surface area contributed by atoms with Gasteiger partial charge >= 0.3 is 6.03 Å². The van der Waals surface area contributed by atoms with Crippen LogP contribution in [0, 0.1) is 6.92 Å². The fourth-order valence-corrected chi connectivity index (χ4v) is 3.97. The summed E-state index contributed by atoms with van der Waals surface area (Å²) in [7, 11) is 0. The predicted molar refractivity (Wildman–Crippen MR) is 103 cm³/mol. The molecule has 27 heavy (non-hydrogen) atoms. The van der Waals surface area contributed by atoms with Crippen molar-refractivity contribution < 1.29 is 14.4 Å². The number of nitrogens with one attached hydrogen (secondary N) is 1. The number of urea groups is 1. The molecule has 0 aromatic heterocycles. The molecular weight excluding hydrogens is 342 g/mol. The van der Waals surface area contributed by atoms with Gasteiger partial charge in [0, 0.05) is 19.1 Å². The summed E-state index contributed by atoms with van der Waals surface area (Å²) in [5.41, 5.74) is 2.28. The molecule has 1 N–H and O–H groups in total. The standard InChI is InChI=1S/C21H29N3O3/c1-3-12-23-20(26)18(22-21(23)27)13-19(25)24(17-6-4-5-7-17)14-16-10-8-15(2)9-11-16/h8-11,17-18H,3-7,12-14H2,1-2H3,(H,22,27). The van der Waals surface area contributed by atoms with Crippen LogP contribution in [0.3, 0.4) is 0 Å². The highest BCUT2D eigenvalue weighted by atomic mass is 16.2. The van der Waals surface area contributed by atoms with E-state index in [9.17, 15) is 14.4 Å². The van der Waals surface area contributed by atoms with E-state index in [1.165, 1.54) is 10.5 Å². The van der Waals surface area contributed by atoms with Crippen LogP contribution in [0.15, 0.2) is 24.3 Å².